The second kappa shape index (κ2) is 5.02. The molecule has 1 aliphatic heterocycles. The zero-order valence-corrected chi connectivity index (χ0v) is 10.0. The van der Waals surface area contributed by atoms with E-state index < -0.39 is 11.9 Å². The summed E-state index contributed by atoms with van der Waals surface area (Å²) < 4.78 is 23.8. The molecular weight excluding hydrogens is 223 g/mol. The SMILES string of the molecule is COc1ccc(C(O)C2OCCC2C)cc1F. The summed E-state index contributed by atoms with van der Waals surface area (Å²) in [7, 11) is 1.41. The highest BCUT2D eigenvalue weighted by molar-refractivity contribution is 5.31. The van der Waals surface area contributed by atoms with Crippen LogP contribution in [-0.2, 0) is 4.74 Å². The number of benzene rings is 1. The van der Waals surface area contributed by atoms with Crippen molar-refractivity contribution in [2.45, 2.75) is 25.6 Å². The van der Waals surface area contributed by atoms with Crippen molar-refractivity contribution >= 4 is 0 Å². The molecule has 1 aromatic carbocycles. The van der Waals surface area contributed by atoms with Crippen molar-refractivity contribution in [3.63, 3.8) is 0 Å². The van der Waals surface area contributed by atoms with Crippen LogP contribution in [0.4, 0.5) is 4.39 Å². The Bertz CT molecular complexity index is 394. The highest BCUT2D eigenvalue weighted by Gasteiger charge is 2.32. The molecule has 3 atom stereocenters. The average Bonchev–Trinajstić information content (AvgIpc) is 2.74. The number of hydrogen-bond acceptors (Lipinski definition) is 3. The van der Waals surface area contributed by atoms with Crippen molar-refractivity contribution in [3.8, 4) is 5.75 Å². The van der Waals surface area contributed by atoms with Crippen molar-refractivity contribution < 1.29 is 19.0 Å². The molecule has 1 aliphatic rings. The van der Waals surface area contributed by atoms with Gasteiger partial charge in [0.25, 0.3) is 0 Å². The highest BCUT2D eigenvalue weighted by Crippen LogP contribution is 2.32. The molecule has 0 radical (unpaired) electrons. The van der Waals surface area contributed by atoms with E-state index in [9.17, 15) is 9.50 Å². The molecule has 17 heavy (non-hydrogen) atoms. The molecule has 0 amide bonds. The summed E-state index contributed by atoms with van der Waals surface area (Å²) in [5.74, 6) is 0.00574. The summed E-state index contributed by atoms with van der Waals surface area (Å²) in [5.41, 5.74) is 0.530. The largest absolute Gasteiger partial charge is 0.494 e. The Morgan fingerprint density at radius 3 is 2.82 bits per heavy atom. The monoisotopic (exact) mass is 240 g/mol. The Morgan fingerprint density at radius 1 is 1.53 bits per heavy atom. The van der Waals surface area contributed by atoms with Crippen molar-refractivity contribution in [1.29, 1.82) is 0 Å². The molecule has 0 saturated carbocycles. The zero-order valence-electron chi connectivity index (χ0n) is 10.0. The van der Waals surface area contributed by atoms with Gasteiger partial charge >= 0.3 is 0 Å². The lowest BCUT2D eigenvalue weighted by molar-refractivity contribution is -0.0179. The van der Waals surface area contributed by atoms with Gasteiger partial charge in [-0.3, -0.25) is 0 Å². The van der Waals surface area contributed by atoms with E-state index in [1.54, 1.807) is 6.07 Å². The van der Waals surface area contributed by atoms with E-state index >= 15 is 0 Å². The van der Waals surface area contributed by atoms with E-state index in [1.807, 2.05) is 6.92 Å². The molecule has 0 spiro atoms. The molecule has 0 bridgehead atoms. The summed E-state index contributed by atoms with van der Waals surface area (Å²) in [6.07, 6.45) is -0.101. The normalized spacial score (nSPS) is 25.9. The summed E-state index contributed by atoms with van der Waals surface area (Å²) >= 11 is 0. The minimum absolute atomic E-state index is 0.182. The molecule has 1 saturated heterocycles. The molecule has 1 fully saturated rings. The average molecular weight is 240 g/mol. The summed E-state index contributed by atoms with van der Waals surface area (Å²) in [6, 6.07) is 4.49. The molecule has 0 aliphatic carbocycles. The molecule has 0 aromatic heterocycles. The number of aliphatic hydroxyl groups is 1. The van der Waals surface area contributed by atoms with E-state index in [2.05, 4.69) is 0 Å². The van der Waals surface area contributed by atoms with Crippen LogP contribution in [0.3, 0.4) is 0 Å². The first-order valence-electron chi connectivity index (χ1n) is 5.76. The van der Waals surface area contributed by atoms with Crippen LogP contribution in [0, 0.1) is 11.7 Å². The quantitative estimate of drug-likeness (QED) is 0.881. The molecule has 1 heterocycles. The first kappa shape index (κ1) is 12.3. The standard InChI is InChI=1S/C13H17FO3/c1-8-5-6-17-13(8)12(15)9-3-4-11(16-2)10(14)7-9/h3-4,7-8,12-13,15H,5-6H2,1-2H3. The molecule has 1 aromatic rings. The first-order valence-corrected chi connectivity index (χ1v) is 5.76. The van der Waals surface area contributed by atoms with Crippen LogP contribution < -0.4 is 4.74 Å². The third-order valence-electron chi connectivity index (χ3n) is 3.27. The predicted molar refractivity (Wildman–Crippen MR) is 61.4 cm³/mol. The highest BCUT2D eigenvalue weighted by atomic mass is 19.1. The van der Waals surface area contributed by atoms with Crippen LogP contribution in [0.5, 0.6) is 5.75 Å². The third kappa shape index (κ3) is 2.42. The number of methoxy groups -OCH3 is 1. The van der Waals surface area contributed by atoms with Gasteiger partial charge in [0, 0.05) is 6.61 Å². The second-order valence-electron chi connectivity index (χ2n) is 4.44. The van der Waals surface area contributed by atoms with Gasteiger partial charge in [-0.1, -0.05) is 13.0 Å². The first-order chi connectivity index (χ1) is 8.13. The fourth-order valence-corrected chi connectivity index (χ4v) is 2.18. The van der Waals surface area contributed by atoms with Gasteiger partial charge in [0.05, 0.1) is 13.2 Å². The maximum Gasteiger partial charge on any atom is 0.165 e. The van der Waals surface area contributed by atoms with E-state index in [-0.39, 0.29) is 17.8 Å². The van der Waals surface area contributed by atoms with Crippen LogP contribution in [-0.4, -0.2) is 24.9 Å². The van der Waals surface area contributed by atoms with E-state index in [0.717, 1.165) is 6.42 Å². The lowest BCUT2D eigenvalue weighted by Crippen LogP contribution is -2.23. The molecule has 3 nitrogen and oxygen atoms in total. The van der Waals surface area contributed by atoms with Crippen LogP contribution in [0.25, 0.3) is 0 Å². The van der Waals surface area contributed by atoms with Gasteiger partial charge in [-0.15, -0.1) is 0 Å². The molecular formula is C13H17FO3. The molecule has 1 N–H and O–H groups in total. The number of hydrogen-bond donors (Lipinski definition) is 1. The van der Waals surface area contributed by atoms with Gasteiger partial charge in [-0.25, -0.2) is 4.39 Å². The third-order valence-corrected chi connectivity index (χ3v) is 3.27. The zero-order chi connectivity index (χ0) is 12.4. The van der Waals surface area contributed by atoms with Crippen molar-refractivity contribution in [3.05, 3.63) is 29.6 Å². The molecule has 4 heteroatoms. The lowest BCUT2D eigenvalue weighted by Gasteiger charge is -2.21. The Hall–Kier alpha value is -1.13. The second-order valence-corrected chi connectivity index (χ2v) is 4.44. The van der Waals surface area contributed by atoms with Crippen molar-refractivity contribution in [2.75, 3.05) is 13.7 Å². The maximum absolute atomic E-state index is 13.5. The van der Waals surface area contributed by atoms with Crippen LogP contribution in [0.15, 0.2) is 18.2 Å². The summed E-state index contributed by atoms with van der Waals surface area (Å²) in [5, 5.41) is 10.1. The Kier molecular flexibility index (Phi) is 3.64. The number of aliphatic hydroxyl groups excluding tert-OH is 1. The lowest BCUT2D eigenvalue weighted by atomic mass is 9.95. The van der Waals surface area contributed by atoms with Crippen molar-refractivity contribution in [2.24, 2.45) is 5.92 Å². The summed E-state index contributed by atoms with van der Waals surface area (Å²) in [4.78, 5) is 0. The van der Waals surface area contributed by atoms with Crippen LogP contribution in [0.2, 0.25) is 0 Å². The van der Waals surface area contributed by atoms with E-state index in [0.29, 0.717) is 12.2 Å². The van der Waals surface area contributed by atoms with Crippen LogP contribution >= 0.6 is 0 Å². The van der Waals surface area contributed by atoms with E-state index in [4.69, 9.17) is 9.47 Å². The summed E-state index contributed by atoms with van der Waals surface area (Å²) in [6.45, 7) is 2.68. The van der Waals surface area contributed by atoms with Gasteiger partial charge in [0.2, 0.25) is 0 Å². The topological polar surface area (TPSA) is 38.7 Å². The van der Waals surface area contributed by atoms with E-state index in [1.165, 1.54) is 19.2 Å². The number of halogens is 1. The van der Waals surface area contributed by atoms with Gasteiger partial charge in [0.1, 0.15) is 6.10 Å². The smallest absolute Gasteiger partial charge is 0.165 e. The van der Waals surface area contributed by atoms with Gasteiger partial charge in [-0.2, -0.15) is 0 Å². The Morgan fingerprint density at radius 2 is 2.29 bits per heavy atom. The predicted octanol–water partition coefficient (Wildman–Crippen LogP) is 2.29. The van der Waals surface area contributed by atoms with Crippen molar-refractivity contribution in [1.82, 2.24) is 0 Å². The maximum atomic E-state index is 13.5. The Labute approximate surface area is 100 Å². The minimum Gasteiger partial charge on any atom is -0.494 e. The molecule has 3 unspecified atom stereocenters. The molecule has 2 rings (SSSR count). The fourth-order valence-electron chi connectivity index (χ4n) is 2.18. The van der Waals surface area contributed by atoms with Gasteiger partial charge < -0.3 is 14.6 Å². The van der Waals surface area contributed by atoms with Gasteiger partial charge in [-0.05, 0) is 30.0 Å². The van der Waals surface area contributed by atoms with Gasteiger partial charge in [0.15, 0.2) is 11.6 Å². The fraction of sp³-hybridized carbons (Fsp3) is 0.538. The number of ether oxygens (including phenoxy) is 2. The molecule has 94 valence electrons. The minimum atomic E-state index is -0.784. The van der Waals surface area contributed by atoms with Crippen LogP contribution in [0.1, 0.15) is 25.0 Å². The number of rotatable bonds is 3. The Balaban J connectivity index is 2.19.